The van der Waals surface area contributed by atoms with Crippen molar-refractivity contribution < 1.29 is 28.6 Å². The Morgan fingerprint density at radius 2 is 1.50 bits per heavy atom. The van der Waals surface area contributed by atoms with Gasteiger partial charge in [0, 0.05) is 0 Å². The molecule has 0 saturated heterocycles. The summed E-state index contributed by atoms with van der Waals surface area (Å²) in [5.41, 5.74) is 0.114. The summed E-state index contributed by atoms with van der Waals surface area (Å²) in [4.78, 5) is 33.9. The molecule has 0 atom stereocenters. The fourth-order valence-electron chi connectivity index (χ4n) is 1.21. The largest absolute Gasteiger partial charge is 0.466 e. The Morgan fingerprint density at radius 3 is 2.00 bits per heavy atom. The Bertz CT molecular complexity index is 465. The Morgan fingerprint density at radius 1 is 0.944 bits per heavy atom. The van der Waals surface area contributed by atoms with Gasteiger partial charge in [0.25, 0.3) is 0 Å². The number of benzene rings is 1. The molecule has 0 radical (unpaired) electrons. The number of hydrogen-bond acceptors (Lipinski definition) is 6. The van der Waals surface area contributed by atoms with E-state index in [0.717, 1.165) is 0 Å². The number of esters is 3. The second kappa shape index (κ2) is 6.39. The second-order valence-electron chi connectivity index (χ2n) is 3.19. The number of methoxy groups -OCH3 is 2. The first-order chi connectivity index (χ1) is 8.60. The lowest BCUT2D eigenvalue weighted by Gasteiger charge is -2.07. The van der Waals surface area contributed by atoms with Crippen LogP contribution in [0.3, 0.4) is 0 Å². The number of ether oxygens (including phenoxy) is 3. The maximum absolute atomic E-state index is 11.7. The third-order valence-electron chi connectivity index (χ3n) is 2.10. The van der Waals surface area contributed by atoms with Crippen LogP contribution in [0.1, 0.15) is 20.7 Å². The normalized spacial score (nSPS) is 9.44. The predicted octanol–water partition coefficient (Wildman–Crippen LogP) is 0.803. The number of rotatable bonds is 4. The van der Waals surface area contributed by atoms with E-state index in [4.69, 9.17) is 4.74 Å². The molecule has 0 aliphatic carbocycles. The van der Waals surface area contributed by atoms with E-state index < -0.39 is 24.5 Å². The molecule has 0 aromatic heterocycles. The van der Waals surface area contributed by atoms with E-state index in [-0.39, 0.29) is 11.1 Å². The molecule has 1 rings (SSSR count). The first kappa shape index (κ1) is 13.7. The lowest BCUT2D eigenvalue weighted by molar-refractivity contribution is -0.144. The molecule has 0 unspecified atom stereocenters. The maximum atomic E-state index is 11.7. The number of carbonyl (C=O) groups is 3. The Labute approximate surface area is 103 Å². The molecule has 0 saturated carbocycles. The van der Waals surface area contributed by atoms with Crippen LogP contribution >= 0.6 is 0 Å². The average molecular weight is 252 g/mol. The van der Waals surface area contributed by atoms with Gasteiger partial charge < -0.3 is 14.2 Å². The smallest absolute Gasteiger partial charge is 0.344 e. The minimum atomic E-state index is -0.790. The molecule has 0 N–H and O–H groups in total. The standard InChI is InChI=1S/C12H12O6/c1-16-10(13)7-18-12(15)9-6-4-3-5-8(9)11(14)17-2/h3-6H,7H2,1-2H3. The molecule has 18 heavy (non-hydrogen) atoms. The quantitative estimate of drug-likeness (QED) is 0.582. The van der Waals surface area contributed by atoms with Gasteiger partial charge >= 0.3 is 17.9 Å². The van der Waals surface area contributed by atoms with Crippen LogP contribution in [0.5, 0.6) is 0 Å². The fourth-order valence-corrected chi connectivity index (χ4v) is 1.21. The Hall–Kier alpha value is -2.37. The van der Waals surface area contributed by atoms with Crippen molar-refractivity contribution in [1.29, 1.82) is 0 Å². The van der Waals surface area contributed by atoms with Crippen molar-refractivity contribution in [2.75, 3.05) is 20.8 Å². The minimum absolute atomic E-state index is 0.0354. The monoisotopic (exact) mass is 252 g/mol. The van der Waals surface area contributed by atoms with Crippen LogP contribution in [0.15, 0.2) is 24.3 Å². The number of hydrogen-bond donors (Lipinski definition) is 0. The summed E-state index contributed by atoms with van der Waals surface area (Å²) >= 11 is 0. The zero-order valence-electron chi connectivity index (χ0n) is 9.97. The second-order valence-corrected chi connectivity index (χ2v) is 3.19. The molecule has 0 spiro atoms. The SMILES string of the molecule is COC(=O)COC(=O)c1ccccc1C(=O)OC. The van der Waals surface area contributed by atoms with Gasteiger partial charge in [0.15, 0.2) is 6.61 Å². The first-order valence-corrected chi connectivity index (χ1v) is 5.01. The van der Waals surface area contributed by atoms with E-state index in [1.54, 1.807) is 12.1 Å². The van der Waals surface area contributed by atoms with Gasteiger partial charge in [0.05, 0.1) is 25.3 Å². The van der Waals surface area contributed by atoms with Gasteiger partial charge in [0.1, 0.15) is 0 Å². The van der Waals surface area contributed by atoms with Crippen molar-refractivity contribution >= 4 is 17.9 Å². The summed E-state index contributed by atoms with van der Waals surface area (Å²) < 4.78 is 13.6. The van der Waals surface area contributed by atoms with Gasteiger partial charge in [-0.2, -0.15) is 0 Å². The van der Waals surface area contributed by atoms with Gasteiger partial charge in [0.2, 0.25) is 0 Å². The van der Waals surface area contributed by atoms with E-state index in [2.05, 4.69) is 9.47 Å². The highest BCUT2D eigenvalue weighted by atomic mass is 16.6. The summed E-state index contributed by atoms with van der Waals surface area (Å²) in [5, 5.41) is 0. The summed E-state index contributed by atoms with van der Waals surface area (Å²) in [7, 11) is 2.39. The lowest BCUT2D eigenvalue weighted by Crippen LogP contribution is -2.17. The van der Waals surface area contributed by atoms with Gasteiger partial charge in [-0.05, 0) is 12.1 Å². The van der Waals surface area contributed by atoms with Crippen molar-refractivity contribution in [1.82, 2.24) is 0 Å². The van der Waals surface area contributed by atoms with E-state index in [0.29, 0.717) is 0 Å². The van der Waals surface area contributed by atoms with Gasteiger partial charge in [-0.3, -0.25) is 0 Å². The van der Waals surface area contributed by atoms with Crippen LogP contribution in [-0.4, -0.2) is 38.7 Å². The summed E-state index contributed by atoms with van der Waals surface area (Å²) in [6.07, 6.45) is 0. The molecular weight excluding hydrogens is 240 g/mol. The average Bonchev–Trinajstić information content (AvgIpc) is 2.43. The topological polar surface area (TPSA) is 78.9 Å². The summed E-state index contributed by atoms with van der Waals surface area (Å²) in [6.45, 7) is -0.509. The van der Waals surface area contributed by atoms with E-state index in [1.165, 1.54) is 26.4 Å². The zero-order chi connectivity index (χ0) is 13.5. The molecule has 0 aliphatic rings. The molecule has 0 fully saturated rings. The van der Waals surface area contributed by atoms with Crippen molar-refractivity contribution in [3.05, 3.63) is 35.4 Å². The molecular formula is C12H12O6. The van der Waals surface area contributed by atoms with E-state index in [1.807, 2.05) is 0 Å². The summed E-state index contributed by atoms with van der Waals surface area (Å²) in [5.74, 6) is -2.12. The fraction of sp³-hybridized carbons (Fsp3) is 0.250. The van der Waals surface area contributed by atoms with Crippen LogP contribution in [0.2, 0.25) is 0 Å². The zero-order valence-corrected chi connectivity index (χ0v) is 9.97. The molecule has 6 heteroatoms. The van der Waals surface area contributed by atoms with Crippen LogP contribution in [-0.2, 0) is 19.0 Å². The maximum Gasteiger partial charge on any atom is 0.344 e. The van der Waals surface area contributed by atoms with Crippen molar-refractivity contribution in [2.24, 2.45) is 0 Å². The van der Waals surface area contributed by atoms with Crippen LogP contribution in [0.4, 0.5) is 0 Å². The molecule has 0 amide bonds. The third-order valence-corrected chi connectivity index (χ3v) is 2.10. The number of carbonyl (C=O) groups excluding carboxylic acids is 3. The Balaban J connectivity index is 2.85. The third kappa shape index (κ3) is 3.31. The molecule has 6 nitrogen and oxygen atoms in total. The van der Waals surface area contributed by atoms with Crippen molar-refractivity contribution in [3.8, 4) is 0 Å². The van der Waals surface area contributed by atoms with Crippen LogP contribution < -0.4 is 0 Å². The Kier molecular flexibility index (Phi) is 4.86. The summed E-state index contributed by atoms with van der Waals surface area (Å²) in [6, 6.07) is 6.00. The van der Waals surface area contributed by atoms with E-state index in [9.17, 15) is 14.4 Å². The van der Waals surface area contributed by atoms with Crippen molar-refractivity contribution in [3.63, 3.8) is 0 Å². The molecule has 96 valence electrons. The van der Waals surface area contributed by atoms with Gasteiger partial charge in [-0.15, -0.1) is 0 Å². The van der Waals surface area contributed by atoms with Gasteiger partial charge in [-0.25, -0.2) is 14.4 Å². The molecule has 1 aromatic rings. The molecule has 0 aliphatic heterocycles. The molecule has 0 bridgehead atoms. The molecule has 1 aromatic carbocycles. The lowest BCUT2D eigenvalue weighted by atomic mass is 10.1. The highest BCUT2D eigenvalue weighted by molar-refractivity contribution is 6.03. The van der Waals surface area contributed by atoms with Gasteiger partial charge in [-0.1, -0.05) is 12.1 Å². The van der Waals surface area contributed by atoms with Crippen LogP contribution in [0, 0.1) is 0 Å². The minimum Gasteiger partial charge on any atom is -0.466 e. The molecule has 0 heterocycles. The van der Waals surface area contributed by atoms with Crippen LogP contribution in [0.25, 0.3) is 0 Å². The first-order valence-electron chi connectivity index (χ1n) is 5.01. The highest BCUT2D eigenvalue weighted by Gasteiger charge is 2.18. The highest BCUT2D eigenvalue weighted by Crippen LogP contribution is 2.11. The van der Waals surface area contributed by atoms with E-state index >= 15 is 0 Å². The van der Waals surface area contributed by atoms with Crippen molar-refractivity contribution in [2.45, 2.75) is 0 Å². The predicted molar refractivity (Wildman–Crippen MR) is 60.1 cm³/mol.